The summed E-state index contributed by atoms with van der Waals surface area (Å²) in [7, 11) is 0. The van der Waals surface area contributed by atoms with Crippen LogP contribution in [0.3, 0.4) is 0 Å². The Balaban J connectivity index is 1.94. The summed E-state index contributed by atoms with van der Waals surface area (Å²) in [5, 5.41) is 3.83. The molecule has 0 bridgehead atoms. The van der Waals surface area contributed by atoms with Gasteiger partial charge in [-0.2, -0.15) is 0 Å². The molecule has 0 spiro atoms. The van der Waals surface area contributed by atoms with Crippen LogP contribution in [0.25, 0.3) is 0 Å². The lowest BCUT2D eigenvalue weighted by Crippen LogP contribution is -2.43. The SMILES string of the molecule is CC(C)=C1CC(C)(C)N[C@H]1CN(c1ccccc1)c1ccccc1. The number of benzene rings is 2. The summed E-state index contributed by atoms with van der Waals surface area (Å²) in [6.07, 6.45) is 1.12. The largest absolute Gasteiger partial charge is 0.340 e. The predicted octanol–water partition coefficient (Wildman–Crippen LogP) is 5.30. The lowest BCUT2D eigenvalue weighted by Gasteiger charge is -2.30. The maximum absolute atomic E-state index is 3.83. The molecule has 0 radical (unpaired) electrons. The summed E-state index contributed by atoms with van der Waals surface area (Å²) in [6, 6.07) is 21.7. The van der Waals surface area contributed by atoms with Gasteiger partial charge in [-0.25, -0.2) is 0 Å². The maximum atomic E-state index is 3.83. The van der Waals surface area contributed by atoms with E-state index in [1.807, 2.05) is 0 Å². The Bertz CT molecular complexity index is 658. The minimum Gasteiger partial charge on any atom is -0.340 e. The lowest BCUT2D eigenvalue weighted by atomic mass is 9.96. The van der Waals surface area contributed by atoms with E-state index in [-0.39, 0.29) is 5.54 Å². The second-order valence-corrected chi connectivity index (χ2v) is 7.56. The van der Waals surface area contributed by atoms with Crippen LogP contribution in [0.4, 0.5) is 11.4 Å². The Morgan fingerprint density at radius 1 is 0.958 bits per heavy atom. The molecule has 2 aromatic carbocycles. The molecular formula is C22H28N2. The first-order valence-corrected chi connectivity index (χ1v) is 8.78. The van der Waals surface area contributed by atoms with Crippen molar-refractivity contribution in [3.05, 3.63) is 71.8 Å². The Morgan fingerprint density at radius 3 is 1.92 bits per heavy atom. The fourth-order valence-electron chi connectivity index (χ4n) is 3.65. The molecule has 24 heavy (non-hydrogen) atoms. The highest BCUT2D eigenvalue weighted by Gasteiger charge is 2.35. The molecule has 1 atom stereocenters. The maximum Gasteiger partial charge on any atom is 0.0469 e. The Labute approximate surface area is 146 Å². The highest BCUT2D eigenvalue weighted by molar-refractivity contribution is 5.63. The number of nitrogens with zero attached hydrogens (tertiary/aromatic N) is 1. The summed E-state index contributed by atoms with van der Waals surface area (Å²) < 4.78 is 0. The summed E-state index contributed by atoms with van der Waals surface area (Å²) in [6.45, 7) is 10.0. The molecule has 2 nitrogen and oxygen atoms in total. The van der Waals surface area contributed by atoms with Crippen molar-refractivity contribution >= 4 is 11.4 Å². The Morgan fingerprint density at radius 2 is 1.46 bits per heavy atom. The van der Waals surface area contributed by atoms with Crippen molar-refractivity contribution in [1.82, 2.24) is 5.32 Å². The molecule has 1 N–H and O–H groups in total. The second-order valence-electron chi connectivity index (χ2n) is 7.56. The van der Waals surface area contributed by atoms with E-state index in [1.165, 1.54) is 16.9 Å². The van der Waals surface area contributed by atoms with Crippen molar-refractivity contribution in [3.63, 3.8) is 0 Å². The van der Waals surface area contributed by atoms with E-state index in [1.54, 1.807) is 5.57 Å². The van der Waals surface area contributed by atoms with Gasteiger partial charge in [0, 0.05) is 29.5 Å². The molecule has 1 saturated heterocycles. The molecular weight excluding hydrogens is 292 g/mol. The van der Waals surface area contributed by atoms with Gasteiger partial charge in [-0.3, -0.25) is 0 Å². The van der Waals surface area contributed by atoms with E-state index in [0.29, 0.717) is 6.04 Å². The molecule has 126 valence electrons. The van der Waals surface area contributed by atoms with Gasteiger partial charge in [0.15, 0.2) is 0 Å². The van der Waals surface area contributed by atoms with E-state index in [0.717, 1.165) is 13.0 Å². The quantitative estimate of drug-likeness (QED) is 0.769. The number of rotatable bonds is 4. The number of para-hydroxylation sites is 2. The van der Waals surface area contributed by atoms with Crippen molar-refractivity contribution in [2.24, 2.45) is 0 Å². The third-order valence-electron chi connectivity index (χ3n) is 4.76. The van der Waals surface area contributed by atoms with E-state index < -0.39 is 0 Å². The fourth-order valence-corrected chi connectivity index (χ4v) is 3.65. The molecule has 3 rings (SSSR count). The molecule has 2 aromatic rings. The van der Waals surface area contributed by atoms with Crippen LogP contribution < -0.4 is 10.2 Å². The van der Waals surface area contributed by atoms with Crippen LogP contribution in [0.5, 0.6) is 0 Å². The Hall–Kier alpha value is -2.06. The average molecular weight is 320 g/mol. The molecule has 0 amide bonds. The number of hydrogen-bond acceptors (Lipinski definition) is 2. The molecule has 0 unspecified atom stereocenters. The number of allylic oxidation sites excluding steroid dienone is 1. The van der Waals surface area contributed by atoms with Crippen LogP contribution in [-0.4, -0.2) is 18.1 Å². The van der Waals surface area contributed by atoms with Crippen molar-refractivity contribution in [3.8, 4) is 0 Å². The lowest BCUT2D eigenvalue weighted by molar-refractivity contribution is 0.430. The van der Waals surface area contributed by atoms with Gasteiger partial charge in [0.2, 0.25) is 0 Å². The topological polar surface area (TPSA) is 15.3 Å². The fraction of sp³-hybridized carbons (Fsp3) is 0.364. The van der Waals surface area contributed by atoms with Gasteiger partial charge in [-0.1, -0.05) is 47.5 Å². The van der Waals surface area contributed by atoms with Crippen LogP contribution in [0.1, 0.15) is 34.1 Å². The highest BCUT2D eigenvalue weighted by Crippen LogP contribution is 2.33. The van der Waals surface area contributed by atoms with Crippen LogP contribution >= 0.6 is 0 Å². The van der Waals surface area contributed by atoms with Gasteiger partial charge in [0.05, 0.1) is 0 Å². The van der Waals surface area contributed by atoms with Gasteiger partial charge in [-0.05, 0) is 58.4 Å². The predicted molar refractivity (Wildman–Crippen MR) is 104 cm³/mol. The minimum atomic E-state index is 0.163. The van der Waals surface area contributed by atoms with Crippen LogP contribution in [0.15, 0.2) is 71.8 Å². The third kappa shape index (κ3) is 3.70. The summed E-state index contributed by atoms with van der Waals surface area (Å²) in [5.41, 5.74) is 5.64. The van der Waals surface area contributed by atoms with Crippen LogP contribution in [-0.2, 0) is 0 Å². The van der Waals surface area contributed by atoms with Gasteiger partial charge in [0.25, 0.3) is 0 Å². The van der Waals surface area contributed by atoms with E-state index in [2.05, 4.69) is 98.6 Å². The third-order valence-corrected chi connectivity index (χ3v) is 4.76. The first-order chi connectivity index (χ1) is 11.5. The van der Waals surface area contributed by atoms with Crippen molar-refractivity contribution in [2.45, 2.75) is 45.7 Å². The van der Waals surface area contributed by atoms with Gasteiger partial charge < -0.3 is 10.2 Å². The minimum absolute atomic E-state index is 0.163. The smallest absolute Gasteiger partial charge is 0.0469 e. The first-order valence-electron chi connectivity index (χ1n) is 8.78. The molecule has 1 fully saturated rings. The molecule has 0 aliphatic carbocycles. The van der Waals surface area contributed by atoms with E-state index in [9.17, 15) is 0 Å². The zero-order chi connectivity index (χ0) is 17.2. The molecule has 0 saturated carbocycles. The summed E-state index contributed by atoms with van der Waals surface area (Å²) in [4.78, 5) is 2.42. The normalized spacial score (nSPS) is 19.3. The summed E-state index contributed by atoms with van der Waals surface area (Å²) in [5.74, 6) is 0. The molecule has 0 aromatic heterocycles. The zero-order valence-corrected chi connectivity index (χ0v) is 15.2. The number of nitrogens with one attached hydrogen (secondary N) is 1. The number of anilines is 2. The van der Waals surface area contributed by atoms with Gasteiger partial charge in [0.1, 0.15) is 0 Å². The average Bonchev–Trinajstić information content (AvgIpc) is 2.89. The van der Waals surface area contributed by atoms with Gasteiger partial charge in [-0.15, -0.1) is 0 Å². The molecule has 2 heteroatoms. The Kier molecular flexibility index (Phi) is 4.77. The van der Waals surface area contributed by atoms with E-state index >= 15 is 0 Å². The second kappa shape index (κ2) is 6.82. The molecule has 1 aliphatic rings. The summed E-state index contributed by atoms with van der Waals surface area (Å²) >= 11 is 0. The van der Waals surface area contributed by atoms with Gasteiger partial charge >= 0.3 is 0 Å². The highest BCUT2D eigenvalue weighted by atomic mass is 15.2. The monoisotopic (exact) mass is 320 g/mol. The molecule has 1 heterocycles. The van der Waals surface area contributed by atoms with Crippen molar-refractivity contribution in [2.75, 3.05) is 11.4 Å². The molecule has 1 aliphatic heterocycles. The first kappa shape index (κ1) is 16.8. The zero-order valence-electron chi connectivity index (χ0n) is 15.2. The standard InChI is InChI=1S/C22H28N2/c1-17(2)20-15-22(3,4)23-21(20)16-24(18-11-7-5-8-12-18)19-13-9-6-10-14-19/h5-14,21,23H,15-16H2,1-4H3/t21-/m0/s1. The van der Waals surface area contributed by atoms with Crippen LogP contribution in [0, 0.1) is 0 Å². The van der Waals surface area contributed by atoms with Crippen molar-refractivity contribution < 1.29 is 0 Å². The van der Waals surface area contributed by atoms with Crippen molar-refractivity contribution in [1.29, 1.82) is 0 Å². The van der Waals surface area contributed by atoms with Crippen LogP contribution in [0.2, 0.25) is 0 Å². The number of hydrogen-bond donors (Lipinski definition) is 1. The van der Waals surface area contributed by atoms with E-state index in [4.69, 9.17) is 0 Å².